The van der Waals surface area contributed by atoms with Gasteiger partial charge < -0.3 is 10.1 Å². The lowest BCUT2D eigenvalue weighted by Crippen LogP contribution is -2.40. The number of nitrogens with one attached hydrogen (secondary N) is 1. The number of benzene rings is 2. The Kier molecular flexibility index (Phi) is 7.13. The van der Waals surface area contributed by atoms with Gasteiger partial charge in [0, 0.05) is 24.0 Å². The lowest BCUT2D eigenvalue weighted by atomic mass is 9.95. The van der Waals surface area contributed by atoms with E-state index in [9.17, 15) is 4.79 Å². The molecule has 1 N–H and O–H groups in total. The summed E-state index contributed by atoms with van der Waals surface area (Å²) in [6.07, 6.45) is 1.80. The van der Waals surface area contributed by atoms with Crippen LogP contribution in [-0.4, -0.2) is 30.5 Å². The Morgan fingerprint density at radius 2 is 1.89 bits per heavy atom. The van der Waals surface area contributed by atoms with Crippen LogP contribution >= 0.6 is 11.6 Å². The van der Waals surface area contributed by atoms with Crippen LogP contribution in [0.2, 0.25) is 5.02 Å². The van der Waals surface area contributed by atoms with E-state index in [-0.39, 0.29) is 11.8 Å². The summed E-state index contributed by atoms with van der Waals surface area (Å²) in [6.45, 7) is 6.02. The average Bonchev–Trinajstić information content (AvgIpc) is 2.68. The highest BCUT2D eigenvalue weighted by Crippen LogP contribution is 2.21. The van der Waals surface area contributed by atoms with Crippen LogP contribution < -0.4 is 10.1 Å². The molecule has 1 fully saturated rings. The Labute approximate surface area is 166 Å². The Morgan fingerprint density at radius 1 is 1.15 bits per heavy atom. The molecule has 0 bridgehead atoms. The van der Waals surface area contributed by atoms with Crippen molar-refractivity contribution in [3.05, 3.63) is 64.7 Å². The molecule has 0 aliphatic carbocycles. The SMILES string of the molecule is CCOc1cccc(CN2CCC(C(=O)NCc3ccc(Cl)cc3)CC2)c1. The van der Waals surface area contributed by atoms with Crippen molar-refractivity contribution in [3.8, 4) is 5.75 Å². The van der Waals surface area contributed by atoms with Crippen molar-refractivity contribution in [2.45, 2.75) is 32.9 Å². The van der Waals surface area contributed by atoms with E-state index in [1.165, 1.54) is 5.56 Å². The van der Waals surface area contributed by atoms with Gasteiger partial charge in [-0.1, -0.05) is 35.9 Å². The van der Waals surface area contributed by atoms with Gasteiger partial charge in [-0.25, -0.2) is 0 Å². The molecule has 5 heteroatoms. The summed E-state index contributed by atoms with van der Waals surface area (Å²) in [5.41, 5.74) is 2.32. The van der Waals surface area contributed by atoms with Gasteiger partial charge in [0.05, 0.1) is 6.61 Å². The first-order valence-corrected chi connectivity index (χ1v) is 9.98. The molecule has 4 nitrogen and oxygen atoms in total. The largest absolute Gasteiger partial charge is 0.494 e. The molecule has 0 unspecified atom stereocenters. The highest BCUT2D eigenvalue weighted by atomic mass is 35.5. The molecule has 0 radical (unpaired) electrons. The number of rotatable bonds is 7. The third-order valence-electron chi connectivity index (χ3n) is 4.95. The zero-order valence-electron chi connectivity index (χ0n) is 15.8. The lowest BCUT2D eigenvalue weighted by Gasteiger charge is -2.31. The predicted octanol–water partition coefficient (Wildman–Crippen LogP) is 4.27. The molecule has 27 heavy (non-hydrogen) atoms. The summed E-state index contributed by atoms with van der Waals surface area (Å²) in [6, 6.07) is 15.9. The molecule has 1 aliphatic rings. The molecule has 1 amide bonds. The van der Waals surface area contributed by atoms with Crippen molar-refractivity contribution in [1.82, 2.24) is 10.2 Å². The van der Waals surface area contributed by atoms with Crippen LogP contribution in [0.3, 0.4) is 0 Å². The number of nitrogens with zero attached hydrogens (tertiary/aromatic N) is 1. The number of carbonyl (C=O) groups is 1. The van der Waals surface area contributed by atoms with Crippen molar-refractivity contribution in [2.75, 3.05) is 19.7 Å². The van der Waals surface area contributed by atoms with Crippen LogP contribution in [0.25, 0.3) is 0 Å². The summed E-state index contributed by atoms with van der Waals surface area (Å²) in [7, 11) is 0. The van der Waals surface area contributed by atoms with Crippen LogP contribution in [0.15, 0.2) is 48.5 Å². The average molecular weight is 387 g/mol. The Balaban J connectivity index is 1.43. The molecule has 3 rings (SSSR count). The maximum absolute atomic E-state index is 12.4. The second kappa shape index (κ2) is 9.77. The molecular formula is C22H27ClN2O2. The Morgan fingerprint density at radius 3 is 2.59 bits per heavy atom. The van der Waals surface area contributed by atoms with E-state index in [4.69, 9.17) is 16.3 Å². The number of carbonyl (C=O) groups excluding carboxylic acids is 1. The van der Waals surface area contributed by atoms with E-state index >= 15 is 0 Å². The molecule has 2 aromatic carbocycles. The zero-order chi connectivity index (χ0) is 19.1. The minimum Gasteiger partial charge on any atom is -0.494 e. The van der Waals surface area contributed by atoms with Gasteiger partial charge in [-0.3, -0.25) is 9.69 Å². The van der Waals surface area contributed by atoms with Gasteiger partial charge in [-0.15, -0.1) is 0 Å². The molecular weight excluding hydrogens is 360 g/mol. The highest BCUT2D eigenvalue weighted by molar-refractivity contribution is 6.30. The standard InChI is InChI=1S/C22H27ClN2O2/c1-2-27-21-5-3-4-18(14-21)16-25-12-10-19(11-13-25)22(26)24-15-17-6-8-20(23)9-7-17/h3-9,14,19H,2,10-13,15-16H2,1H3,(H,24,26). The summed E-state index contributed by atoms with van der Waals surface area (Å²) in [5.74, 6) is 1.18. The van der Waals surface area contributed by atoms with Gasteiger partial charge in [-0.05, 0) is 68.2 Å². The van der Waals surface area contributed by atoms with Crippen LogP contribution in [0.1, 0.15) is 30.9 Å². The molecule has 0 atom stereocenters. The van der Waals surface area contributed by atoms with Gasteiger partial charge in [0.15, 0.2) is 0 Å². The lowest BCUT2D eigenvalue weighted by molar-refractivity contribution is -0.126. The molecule has 1 heterocycles. The number of hydrogen-bond acceptors (Lipinski definition) is 3. The predicted molar refractivity (Wildman–Crippen MR) is 109 cm³/mol. The first-order valence-electron chi connectivity index (χ1n) is 9.60. The van der Waals surface area contributed by atoms with Crippen molar-refractivity contribution >= 4 is 17.5 Å². The fourth-order valence-corrected chi connectivity index (χ4v) is 3.57. The molecule has 144 valence electrons. The van der Waals surface area contributed by atoms with Crippen LogP contribution in [0.4, 0.5) is 0 Å². The number of halogens is 1. The third kappa shape index (κ3) is 5.98. The maximum atomic E-state index is 12.4. The molecule has 1 saturated heterocycles. The molecule has 0 spiro atoms. The number of piperidine rings is 1. The number of amides is 1. The van der Waals surface area contributed by atoms with Crippen LogP contribution in [-0.2, 0) is 17.9 Å². The Hall–Kier alpha value is -2.04. The van der Waals surface area contributed by atoms with E-state index < -0.39 is 0 Å². The van der Waals surface area contributed by atoms with Gasteiger partial charge >= 0.3 is 0 Å². The second-order valence-corrected chi connectivity index (χ2v) is 7.41. The molecule has 0 aromatic heterocycles. The summed E-state index contributed by atoms with van der Waals surface area (Å²) in [5, 5.41) is 3.77. The first-order chi connectivity index (χ1) is 13.1. The van der Waals surface area contributed by atoms with Crippen molar-refractivity contribution in [3.63, 3.8) is 0 Å². The van der Waals surface area contributed by atoms with Crippen LogP contribution in [0, 0.1) is 5.92 Å². The van der Waals surface area contributed by atoms with Gasteiger partial charge in [0.25, 0.3) is 0 Å². The normalized spacial score (nSPS) is 15.5. The highest BCUT2D eigenvalue weighted by Gasteiger charge is 2.24. The third-order valence-corrected chi connectivity index (χ3v) is 5.21. The summed E-state index contributed by atoms with van der Waals surface area (Å²) in [4.78, 5) is 14.9. The van der Waals surface area contributed by atoms with Crippen molar-refractivity contribution in [2.24, 2.45) is 5.92 Å². The van der Waals surface area contributed by atoms with E-state index in [1.54, 1.807) is 0 Å². The summed E-state index contributed by atoms with van der Waals surface area (Å²) < 4.78 is 5.58. The number of likely N-dealkylation sites (tertiary alicyclic amines) is 1. The van der Waals surface area contributed by atoms with E-state index in [0.717, 1.165) is 43.8 Å². The Bertz CT molecular complexity index is 740. The quantitative estimate of drug-likeness (QED) is 0.772. The van der Waals surface area contributed by atoms with Crippen molar-refractivity contribution < 1.29 is 9.53 Å². The van der Waals surface area contributed by atoms with Crippen LogP contribution in [0.5, 0.6) is 5.75 Å². The van der Waals surface area contributed by atoms with E-state index in [0.29, 0.717) is 18.2 Å². The number of ether oxygens (including phenoxy) is 1. The fraction of sp³-hybridized carbons (Fsp3) is 0.409. The van der Waals surface area contributed by atoms with E-state index in [1.807, 2.05) is 43.3 Å². The fourth-order valence-electron chi connectivity index (χ4n) is 3.45. The minimum atomic E-state index is 0.100. The second-order valence-electron chi connectivity index (χ2n) is 6.98. The zero-order valence-corrected chi connectivity index (χ0v) is 16.5. The van der Waals surface area contributed by atoms with E-state index in [2.05, 4.69) is 22.3 Å². The minimum absolute atomic E-state index is 0.100. The first kappa shape index (κ1) is 19.7. The van der Waals surface area contributed by atoms with Gasteiger partial charge in [-0.2, -0.15) is 0 Å². The van der Waals surface area contributed by atoms with Crippen molar-refractivity contribution in [1.29, 1.82) is 0 Å². The van der Waals surface area contributed by atoms with Gasteiger partial charge in [0.1, 0.15) is 5.75 Å². The smallest absolute Gasteiger partial charge is 0.223 e. The van der Waals surface area contributed by atoms with Gasteiger partial charge in [0.2, 0.25) is 5.91 Å². The number of hydrogen-bond donors (Lipinski definition) is 1. The maximum Gasteiger partial charge on any atom is 0.223 e. The summed E-state index contributed by atoms with van der Waals surface area (Å²) >= 11 is 5.89. The molecule has 2 aromatic rings. The topological polar surface area (TPSA) is 41.6 Å². The molecule has 1 aliphatic heterocycles. The monoisotopic (exact) mass is 386 g/mol. The molecule has 0 saturated carbocycles.